The molecule has 0 saturated carbocycles. The monoisotopic (exact) mass is 416 g/mol. The van der Waals surface area contributed by atoms with E-state index in [0.717, 1.165) is 6.26 Å². The summed E-state index contributed by atoms with van der Waals surface area (Å²) in [5.74, 6) is -1.11. The number of nitrogens with one attached hydrogen (secondary N) is 2. The van der Waals surface area contributed by atoms with Crippen LogP contribution in [0.15, 0.2) is 36.4 Å². The molecule has 7 nitrogen and oxygen atoms in total. The second-order valence-corrected chi connectivity index (χ2v) is 7.77. The average Bonchev–Trinajstić information content (AvgIpc) is 2.56. The summed E-state index contributed by atoms with van der Waals surface area (Å²) >= 11 is 12.0. The molecule has 2 aromatic rings. The maximum Gasteiger partial charge on any atom is 0.337 e. The van der Waals surface area contributed by atoms with Crippen molar-refractivity contribution in [3.05, 3.63) is 57.6 Å². The van der Waals surface area contributed by atoms with Crippen LogP contribution in [0.1, 0.15) is 20.7 Å². The van der Waals surface area contributed by atoms with Gasteiger partial charge < -0.3 is 10.1 Å². The minimum Gasteiger partial charge on any atom is -0.465 e. The molecular weight excluding hydrogens is 403 g/mol. The Bertz CT molecular complexity index is 977. The van der Waals surface area contributed by atoms with Gasteiger partial charge in [0.05, 0.1) is 40.3 Å². The van der Waals surface area contributed by atoms with E-state index in [1.807, 2.05) is 0 Å². The Labute approximate surface area is 160 Å². The molecule has 0 unspecified atom stereocenters. The number of benzene rings is 2. The summed E-state index contributed by atoms with van der Waals surface area (Å²) in [7, 11) is -2.26. The SMILES string of the molecule is COC(=O)c1ccc(Cl)c(NC(=O)c2ccc(NS(C)(=O)=O)c(Cl)c2)c1. The van der Waals surface area contributed by atoms with E-state index in [1.165, 1.54) is 43.5 Å². The van der Waals surface area contributed by atoms with E-state index in [2.05, 4.69) is 14.8 Å². The molecule has 26 heavy (non-hydrogen) atoms. The number of sulfonamides is 1. The number of rotatable bonds is 5. The highest BCUT2D eigenvalue weighted by molar-refractivity contribution is 7.92. The summed E-state index contributed by atoms with van der Waals surface area (Å²) in [4.78, 5) is 24.0. The molecule has 2 aromatic carbocycles. The first-order valence-electron chi connectivity index (χ1n) is 7.07. The van der Waals surface area contributed by atoms with E-state index in [9.17, 15) is 18.0 Å². The second kappa shape index (κ2) is 7.94. The van der Waals surface area contributed by atoms with Crippen molar-refractivity contribution >= 4 is 56.5 Å². The molecule has 0 heterocycles. The number of halogens is 2. The first-order chi connectivity index (χ1) is 12.1. The maximum atomic E-state index is 12.4. The fourth-order valence-corrected chi connectivity index (χ4v) is 3.03. The number of esters is 1. The summed E-state index contributed by atoms with van der Waals surface area (Å²) in [6.45, 7) is 0. The van der Waals surface area contributed by atoms with Gasteiger partial charge in [0.15, 0.2) is 0 Å². The van der Waals surface area contributed by atoms with Crippen molar-refractivity contribution in [1.82, 2.24) is 0 Å². The molecule has 0 aliphatic carbocycles. The molecule has 10 heteroatoms. The standard InChI is InChI=1S/C16H14Cl2N2O5S/c1-25-16(22)10-3-5-11(17)14(8-10)19-15(21)9-4-6-13(12(18)7-9)20-26(2,23)24/h3-8,20H,1-2H3,(H,19,21). The zero-order chi connectivity index (χ0) is 19.5. The third kappa shape index (κ3) is 5.10. The van der Waals surface area contributed by atoms with Crippen LogP contribution in [0.2, 0.25) is 10.0 Å². The Balaban J connectivity index is 2.25. The highest BCUT2D eigenvalue weighted by atomic mass is 35.5. The highest BCUT2D eigenvalue weighted by Crippen LogP contribution is 2.27. The minimum absolute atomic E-state index is 0.0532. The van der Waals surface area contributed by atoms with Gasteiger partial charge in [-0.3, -0.25) is 9.52 Å². The van der Waals surface area contributed by atoms with Crippen molar-refractivity contribution in [1.29, 1.82) is 0 Å². The van der Waals surface area contributed by atoms with Gasteiger partial charge in [-0.05, 0) is 36.4 Å². The number of hydrogen-bond acceptors (Lipinski definition) is 5. The predicted molar refractivity (Wildman–Crippen MR) is 101 cm³/mol. The Morgan fingerprint density at radius 3 is 2.19 bits per heavy atom. The van der Waals surface area contributed by atoms with Crippen molar-refractivity contribution < 1.29 is 22.7 Å². The van der Waals surface area contributed by atoms with Gasteiger partial charge in [0.1, 0.15) is 0 Å². The van der Waals surface area contributed by atoms with E-state index < -0.39 is 21.9 Å². The molecule has 1 amide bonds. The lowest BCUT2D eigenvalue weighted by molar-refractivity contribution is 0.0600. The van der Waals surface area contributed by atoms with Gasteiger partial charge in [-0.2, -0.15) is 0 Å². The summed E-state index contributed by atoms with van der Waals surface area (Å²) in [5, 5.41) is 2.85. The minimum atomic E-state index is -3.50. The van der Waals surface area contributed by atoms with Gasteiger partial charge in [-0.1, -0.05) is 23.2 Å². The molecular formula is C16H14Cl2N2O5S. The van der Waals surface area contributed by atoms with Crippen molar-refractivity contribution in [3.8, 4) is 0 Å². The number of carbonyl (C=O) groups is 2. The molecule has 0 fully saturated rings. The summed E-state index contributed by atoms with van der Waals surface area (Å²) in [5.41, 5.74) is 0.761. The predicted octanol–water partition coefficient (Wildman–Crippen LogP) is 3.40. The van der Waals surface area contributed by atoms with Gasteiger partial charge in [0.25, 0.3) is 5.91 Å². The molecule has 0 aromatic heterocycles. The number of carbonyl (C=O) groups excluding carboxylic acids is 2. The molecule has 0 atom stereocenters. The van der Waals surface area contributed by atoms with Crippen molar-refractivity contribution in [2.24, 2.45) is 0 Å². The molecule has 0 aliphatic heterocycles. The van der Waals surface area contributed by atoms with Crippen molar-refractivity contribution in [3.63, 3.8) is 0 Å². The fraction of sp³-hybridized carbons (Fsp3) is 0.125. The number of amides is 1. The zero-order valence-electron chi connectivity index (χ0n) is 13.7. The average molecular weight is 417 g/mol. The Kier molecular flexibility index (Phi) is 6.12. The molecule has 0 radical (unpaired) electrons. The fourth-order valence-electron chi connectivity index (χ4n) is 2.00. The topological polar surface area (TPSA) is 102 Å². The van der Waals surface area contributed by atoms with Crippen molar-refractivity contribution in [2.45, 2.75) is 0 Å². The smallest absolute Gasteiger partial charge is 0.337 e. The first-order valence-corrected chi connectivity index (χ1v) is 9.72. The van der Waals surface area contributed by atoms with Crippen LogP contribution in [0, 0.1) is 0 Å². The largest absolute Gasteiger partial charge is 0.465 e. The molecule has 0 bridgehead atoms. The van der Waals surface area contributed by atoms with Crippen LogP contribution in [0.3, 0.4) is 0 Å². The second-order valence-electron chi connectivity index (χ2n) is 5.21. The van der Waals surface area contributed by atoms with E-state index in [4.69, 9.17) is 23.2 Å². The maximum absolute atomic E-state index is 12.4. The van der Waals surface area contributed by atoms with Crippen LogP contribution in [0.5, 0.6) is 0 Å². The Morgan fingerprint density at radius 1 is 0.962 bits per heavy atom. The first kappa shape index (κ1) is 20.0. The lowest BCUT2D eigenvalue weighted by Crippen LogP contribution is -2.14. The highest BCUT2D eigenvalue weighted by Gasteiger charge is 2.14. The summed E-state index contributed by atoms with van der Waals surface area (Å²) < 4.78 is 29.4. The van der Waals surface area contributed by atoms with Gasteiger partial charge in [0.2, 0.25) is 10.0 Å². The van der Waals surface area contributed by atoms with E-state index >= 15 is 0 Å². The van der Waals surface area contributed by atoms with Crippen LogP contribution in [0.25, 0.3) is 0 Å². The van der Waals surface area contributed by atoms with Gasteiger partial charge in [-0.15, -0.1) is 0 Å². The molecule has 2 rings (SSSR count). The van der Waals surface area contributed by atoms with Crippen LogP contribution >= 0.6 is 23.2 Å². The van der Waals surface area contributed by atoms with Gasteiger partial charge >= 0.3 is 5.97 Å². The number of methoxy groups -OCH3 is 1. The zero-order valence-corrected chi connectivity index (χ0v) is 16.0. The van der Waals surface area contributed by atoms with Crippen LogP contribution < -0.4 is 10.0 Å². The van der Waals surface area contributed by atoms with Gasteiger partial charge in [-0.25, -0.2) is 13.2 Å². The third-order valence-electron chi connectivity index (χ3n) is 3.16. The quantitative estimate of drug-likeness (QED) is 0.727. The van der Waals surface area contributed by atoms with Crippen LogP contribution in [-0.2, 0) is 14.8 Å². The normalized spacial score (nSPS) is 10.9. The number of anilines is 2. The lowest BCUT2D eigenvalue weighted by Gasteiger charge is -2.11. The van der Waals surface area contributed by atoms with E-state index in [-0.39, 0.29) is 32.5 Å². The van der Waals surface area contributed by atoms with Crippen LogP contribution in [0.4, 0.5) is 11.4 Å². The van der Waals surface area contributed by atoms with E-state index in [0.29, 0.717) is 0 Å². The van der Waals surface area contributed by atoms with Gasteiger partial charge in [0, 0.05) is 5.56 Å². The lowest BCUT2D eigenvalue weighted by atomic mass is 10.1. The summed E-state index contributed by atoms with van der Waals surface area (Å²) in [6, 6.07) is 8.37. The molecule has 0 aliphatic rings. The van der Waals surface area contributed by atoms with E-state index in [1.54, 1.807) is 0 Å². The number of ether oxygens (including phenoxy) is 1. The van der Waals surface area contributed by atoms with Crippen LogP contribution in [-0.4, -0.2) is 33.7 Å². The number of hydrogen-bond donors (Lipinski definition) is 2. The van der Waals surface area contributed by atoms with Crippen molar-refractivity contribution in [2.75, 3.05) is 23.4 Å². The Hall–Kier alpha value is -2.29. The molecule has 138 valence electrons. The third-order valence-corrected chi connectivity index (χ3v) is 4.40. The Morgan fingerprint density at radius 2 is 1.62 bits per heavy atom. The molecule has 0 saturated heterocycles. The molecule has 0 spiro atoms. The summed E-state index contributed by atoms with van der Waals surface area (Å²) in [6.07, 6.45) is 0.986. The molecule has 2 N–H and O–H groups in total.